The van der Waals surface area contributed by atoms with Crippen molar-refractivity contribution in [1.82, 2.24) is 4.90 Å². The standard InChI is InChI=1S/C12H13BrN2O3/c13-8-3-5-9(6-4-8)14-12(18)15-7-1-2-10(15)11(16)17/h3-6,10H,1-2,7H2,(H,14,18)(H,16,17)/t10-/m1/s1. The molecule has 0 aromatic heterocycles. The molecule has 0 unspecified atom stereocenters. The van der Waals surface area contributed by atoms with Crippen LogP contribution in [-0.2, 0) is 4.79 Å². The van der Waals surface area contributed by atoms with Gasteiger partial charge in [0.1, 0.15) is 6.04 Å². The summed E-state index contributed by atoms with van der Waals surface area (Å²) in [6.07, 6.45) is 1.24. The normalized spacial score (nSPS) is 18.7. The number of benzene rings is 1. The first kappa shape index (κ1) is 12.9. The molecule has 1 aromatic rings. The number of aliphatic carboxylic acids is 1. The Morgan fingerprint density at radius 3 is 2.61 bits per heavy atom. The van der Waals surface area contributed by atoms with Gasteiger partial charge in [0, 0.05) is 16.7 Å². The van der Waals surface area contributed by atoms with Crippen LogP contribution < -0.4 is 5.32 Å². The Kier molecular flexibility index (Phi) is 3.86. The molecule has 96 valence electrons. The molecule has 2 amide bonds. The molecule has 1 saturated heterocycles. The van der Waals surface area contributed by atoms with Crippen molar-refractivity contribution in [2.24, 2.45) is 0 Å². The monoisotopic (exact) mass is 312 g/mol. The van der Waals surface area contributed by atoms with E-state index in [1.54, 1.807) is 12.1 Å². The van der Waals surface area contributed by atoms with Crippen LogP contribution in [0.15, 0.2) is 28.7 Å². The lowest BCUT2D eigenvalue weighted by molar-refractivity contribution is -0.141. The number of anilines is 1. The second kappa shape index (κ2) is 5.39. The van der Waals surface area contributed by atoms with Crippen LogP contribution in [0.3, 0.4) is 0 Å². The minimum Gasteiger partial charge on any atom is -0.480 e. The van der Waals surface area contributed by atoms with Gasteiger partial charge in [0.15, 0.2) is 0 Å². The van der Waals surface area contributed by atoms with E-state index < -0.39 is 12.0 Å². The number of nitrogens with zero attached hydrogens (tertiary/aromatic N) is 1. The molecule has 18 heavy (non-hydrogen) atoms. The van der Waals surface area contributed by atoms with E-state index in [9.17, 15) is 9.59 Å². The van der Waals surface area contributed by atoms with Crippen LogP contribution in [0.1, 0.15) is 12.8 Å². The predicted molar refractivity (Wildman–Crippen MR) is 70.5 cm³/mol. The first-order chi connectivity index (χ1) is 8.58. The van der Waals surface area contributed by atoms with Crippen LogP contribution in [0, 0.1) is 0 Å². The fourth-order valence-electron chi connectivity index (χ4n) is 2.00. The summed E-state index contributed by atoms with van der Waals surface area (Å²) in [5.74, 6) is -0.946. The van der Waals surface area contributed by atoms with Gasteiger partial charge in [-0.3, -0.25) is 0 Å². The Hall–Kier alpha value is -1.56. The molecule has 1 fully saturated rings. The number of likely N-dealkylation sites (tertiary alicyclic amines) is 1. The number of carbonyl (C=O) groups excluding carboxylic acids is 1. The fraction of sp³-hybridized carbons (Fsp3) is 0.333. The molecule has 0 aliphatic carbocycles. The molecule has 1 aliphatic heterocycles. The Bertz CT molecular complexity index is 461. The summed E-state index contributed by atoms with van der Waals surface area (Å²) in [5.41, 5.74) is 0.652. The highest BCUT2D eigenvalue weighted by Crippen LogP contribution is 2.20. The summed E-state index contributed by atoms with van der Waals surface area (Å²) in [6.45, 7) is 0.485. The van der Waals surface area contributed by atoms with Gasteiger partial charge < -0.3 is 15.3 Å². The van der Waals surface area contributed by atoms with E-state index in [-0.39, 0.29) is 6.03 Å². The van der Waals surface area contributed by atoms with E-state index in [0.717, 1.165) is 10.9 Å². The summed E-state index contributed by atoms with van der Waals surface area (Å²) in [5, 5.41) is 11.7. The third kappa shape index (κ3) is 2.81. The van der Waals surface area contributed by atoms with E-state index in [0.29, 0.717) is 18.7 Å². The van der Waals surface area contributed by atoms with Crippen LogP contribution in [0.25, 0.3) is 0 Å². The highest BCUT2D eigenvalue weighted by atomic mass is 79.9. The van der Waals surface area contributed by atoms with E-state index in [2.05, 4.69) is 21.2 Å². The van der Waals surface area contributed by atoms with Gasteiger partial charge in [-0.25, -0.2) is 9.59 Å². The maximum Gasteiger partial charge on any atom is 0.326 e. The van der Waals surface area contributed by atoms with Crippen LogP contribution in [-0.4, -0.2) is 34.6 Å². The SMILES string of the molecule is O=C(O)[C@H]1CCCN1C(=O)Nc1ccc(Br)cc1. The van der Waals surface area contributed by atoms with Crippen molar-refractivity contribution >= 4 is 33.6 Å². The van der Waals surface area contributed by atoms with Gasteiger partial charge in [-0.2, -0.15) is 0 Å². The molecule has 2 rings (SSSR count). The number of carbonyl (C=O) groups is 2. The van der Waals surface area contributed by atoms with Crippen molar-refractivity contribution in [3.8, 4) is 0 Å². The van der Waals surface area contributed by atoms with Crippen molar-refractivity contribution in [2.45, 2.75) is 18.9 Å². The summed E-state index contributed by atoms with van der Waals surface area (Å²) in [4.78, 5) is 24.3. The molecule has 2 N–H and O–H groups in total. The number of rotatable bonds is 2. The topological polar surface area (TPSA) is 69.6 Å². The number of amides is 2. The zero-order chi connectivity index (χ0) is 13.1. The number of carboxylic acids is 1. The van der Waals surface area contributed by atoms with E-state index in [4.69, 9.17) is 5.11 Å². The lowest BCUT2D eigenvalue weighted by Crippen LogP contribution is -2.42. The number of urea groups is 1. The van der Waals surface area contributed by atoms with Crippen LogP contribution >= 0.6 is 15.9 Å². The highest BCUT2D eigenvalue weighted by Gasteiger charge is 2.33. The van der Waals surface area contributed by atoms with Crippen LogP contribution in [0.2, 0.25) is 0 Å². The fourth-order valence-corrected chi connectivity index (χ4v) is 2.26. The van der Waals surface area contributed by atoms with Crippen molar-refractivity contribution in [1.29, 1.82) is 0 Å². The molecule has 0 saturated carbocycles. The Morgan fingerprint density at radius 1 is 1.33 bits per heavy atom. The molecular weight excluding hydrogens is 300 g/mol. The minimum absolute atomic E-state index is 0.359. The van der Waals surface area contributed by atoms with Crippen LogP contribution in [0.4, 0.5) is 10.5 Å². The summed E-state index contributed by atoms with van der Waals surface area (Å²) < 4.78 is 0.921. The van der Waals surface area contributed by atoms with Crippen molar-refractivity contribution < 1.29 is 14.7 Å². The van der Waals surface area contributed by atoms with Gasteiger partial charge in [0.05, 0.1) is 0 Å². The third-order valence-corrected chi connectivity index (χ3v) is 3.42. The summed E-state index contributed by atoms with van der Waals surface area (Å²) >= 11 is 3.31. The Balaban J connectivity index is 2.03. The van der Waals surface area contributed by atoms with Gasteiger partial charge in [-0.05, 0) is 37.1 Å². The van der Waals surface area contributed by atoms with Gasteiger partial charge >= 0.3 is 12.0 Å². The van der Waals surface area contributed by atoms with Gasteiger partial charge in [0.2, 0.25) is 0 Å². The predicted octanol–water partition coefficient (Wildman–Crippen LogP) is 2.53. The van der Waals surface area contributed by atoms with Gasteiger partial charge in [0.25, 0.3) is 0 Å². The molecule has 1 aliphatic rings. The first-order valence-electron chi connectivity index (χ1n) is 5.64. The molecule has 1 atom stereocenters. The zero-order valence-corrected chi connectivity index (χ0v) is 11.2. The first-order valence-corrected chi connectivity index (χ1v) is 6.43. The smallest absolute Gasteiger partial charge is 0.326 e. The summed E-state index contributed by atoms with van der Waals surface area (Å²) in [7, 11) is 0. The molecule has 1 heterocycles. The number of hydrogen-bond donors (Lipinski definition) is 2. The average molecular weight is 313 g/mol. The van der Waals surface area contributed by atoms with Crippen LogP contribution in [0.5, 0.6) is 0 Å². The summed E-state index contributed by atoms with van der Waals surface area (Å²) in [6, 6.07) is 6.08. The zero-order valence-electron chi connectivity index (χ0n) is 9.60. The Morgan fingerprint density at radius 2 is 2.00 bits per heavy atom. The minimum atomic E-state index is -0.946. The molecule has 0 bridgehead atoms. The maximum absolute atomic E-state index is 12.0. The number of hydrogen-bond acceptors (Lipinski definition) is 2. The van der Waals surface area contributed by atoms with Gasteiger partial charge in [-0.15, -0.1) is 0 Å². The van der Waals surface area contributed by atoms with E-state index >= 15 is 0 Å². The largest absolute Gasteiger partial charge is 0.480 e. The van der Waals surface area contributed by atoms with E-state index in [1.165, 1.54) is 4.90 Å². The lowest BCUT2D eigenvalue weighted by atomic mass is 10.2. The molecule has 0 radical (unpaired) electrons. The van der Waals surface area contributed by atoms with Crippen molar-refractivity contribution in [2.75, 3.05) is 11.9 Å². The third-order valence-electron chi connectivity index (χ3n) is 2.89. The molecule has 0 spiro atoms. The second-order valence-electron chi connectivity index (χ2n) is 4.13. The van der Waals surface area contributed by atoms with Crippen molar-refractivity contribution in [3.63, 3.8) is 0 Å². The Labute approximate surface area is 113 Å². The molecule has 6 heteroatoms. The van der Waals surface area contributed by atoms with Crippen molar-refractivity contribution in [3.05, 3.63) is 28.7 Å². The lowest BCUT2D eigenvalue weighted by Gasteiger charge is -2.21. The molecule has 5 nitrogen and oxygen atoms in total. The average Bonchev–Trinajstić information content (AvgIpc) is 2.81. The molecule has 1 aromatic carbocycles. The van der Waals surface area contributed by atoms with E-state index in [1.807, 2.05) is 12.1 Å². The second-order valence-corrected chi connectivity index (χ2v) is 5.04. The maximum atomic E-state index is 12.0. The highest BCUT2D eigenvalue weighted by molar-refractivity contribution is 9.10. The number of nitrogens with one attached hydrogen (secondary N) is 1. The number of carboxylic acid groups (broad SMARTS) is 1. The number of halogens is 1. The quantitative estimate of drug-likeness (QED) is 0.881. The van der Waals surface area contributed by atoms with Gasteiger partial charge in [-0.1, -0.05) is 15.9 Å². The molecular formula is C12H13BrN2O3.